The van der Waals surface area contributed by atoms with Crippen LogP contribution in [0.5, 0.6) is 0 Å². The molecule has 2 aliphatic rings. The van der Waals surface area contributed by atoms with Crippen molar-refractivity contribution in [3.05, 3.63) is 0 Å². The monoisotopic (exact) mass is 295 g/mol. The molecule has 0 aromatic carbocycles. The van der Waals surface area contributed by atoms with E-state index in [9.17, 15) is 5.11 Å². The average Bonchev–Trinajstić information content (AvgIpc) is 2.46. The third-order valence-corrected chi connectivity index (χ3v) is 7.00. The first-order chi connectivity index (χ1) is 9.88. The van der Waals surface area contributed by atoms with Crippen molar-refractivity contribution in [3.8, 4) is 0 Å². The maximum Gasteiger partial charge on any atom is 0.0748 e. The largest absolute Gasteiger partial charge is 0.389 e. The molecule has 0 radical (unpaired) electrons. The molecule has 3 atom stereocenters. The molecule has 0 amide bonds. The topological polar surface area (TPSA) is 46.2 Å². The van der Waals surface area contributed by atoms with Crippen LogP contribution in [-0.4, -0.2) is 17.3 Å². The summed E-state index contributed by atoms with van der Waals surface area (Å²) in [6, 6.07) is 0. The molecule has 0 aliphatic heterocycles. The highest BCUT2D eigenvalue weighted by molar-refractivity contribution is 5.08. The van der Waals surface area contributed by atoms with Gasteiger partial charge in [0.25, 0.3) is 0 Å². The second-order valence-electron chi connectivity index (χ2n) is 8.50. The molecular formula is C19H37NO. The van der Waals surface area contributed by atoms with Gasteiger partial charge in [0.2, 0.25) is 0 Å². The van der Waals surface area contributed by atoms with Crippen molar-refractivity contribution in [2.24, 2.45) is 34.8 Å². The molecule has 3 N–H and O–H groups in total. The molecule has 3 unspecified atom stereocenters. The highest BCUT2D eigenvalue weighted by atomic mass is 16.3. The summed E-state index contributed by atoms with van der Waals surface area (Å²) in [5.74, 6) is 2.47. The molecule has 0 aromatic heterocycles. The minimum Gasteiger partial charge on any atom is -0.389 e. The fourth-order valence-corrected chi connectivity index (χ4v) is 5.43. The number of hydrogen-bond acceptors (Lipinski definition) is 2. The molecular weight excluding hydrogens is 258 g/mol. The fraction of sp³-hybridized carbons (Fsp3) is 1.00. The van der Waals surface area contributed by atoms with Gasteiger partial charge >= 0.3 is 0 Å². The Hall–Kier alpha value is -0.0800. The van der Waals surface area contributed by atoms with Crippen molar-refractivity contribution < 1.29 is 5.11 Å². The van der Waals surface area contributed by atoms with Crippen molar-refractivity contribution >= 4 is 0 Å². The third kappa shape index (κ3) is 3.03. The van der Waals surface area contributed by atoms with Crippen LogP contribution >= 0.6 is 0 Å². The SMILES string of the molecule is CCC1CCC(CN)(C2(O)CC(C)CCC2C(C)C)CC1. The van der Waals surface area contributed by atoms with Gasteiger partial charge in [0.15, 0.2) is 0 Å². The minimum absolute atomic E-state index is 0.0255. The van der Waals surface area contributed by atoms with E-state index in [0.717, 1.165) is 25.2 Å². The first-order valence-electron chi connectivity index (χ1n) is 9.31. The standard InChI is InChI=1S/C19H37NO/c1-5-16-8-10-18(13-20,11-9-16)19(21)12-15(4)6-7-17(19)14(2)3/h14-17,21H,5-13,20H2,1-4H3. The Morgan fingerprint density at radius 1 is 1.14 bits per heavy atom. The molecule has 2 heteroatoms. The molecule has 2 fully saturated rings. The van der Waals surface area contributed by atoms with Crippen LogP contribution in [0.15, 0.2) is 0 Å². The van der Waals surface area contributed by atoms with Gasteiger partial charge in [-0.25, -0.2) is 0 Å². The zero-order valence-electron chi connectivity index (χ0n) is 14.7. The maximum absolute atomic E-state index is 11.8. The lowest BCUT2D eigenvalue weighted by Crippen LogP contribution is -2.61. The lowest BCUT2D eigenvalue weighted by atomic mass is 9.51. The maximum atomic E-state index is 11.8. The molecule has 2 rings (SSSR count). The van der Waals surface area contributed by atoms with Crippen molar-refractivity contribution in [2.75, 3.05) is 6.54 Å². The van der Waals surface area contributed by atoms with Gasteiger partial charge in [0.1, 0.15) is 0 Å². The van der Waals surface area contributed by atoms with Crippen LogP contribution in [0.25, 0.3) is 0 Å². The van der Waals surface area contributed by atoms with Gasteiger partial charge in [-0.3, -0.25) is 0 Å². The summed E-state index contributed by atoms with van der Waals surface area (Å²) in [4.78, 5) is 0. The van der Waals surface area contributed by atoms with Crippen LogP contribution < -0.4 is 5.73 Å². The normalized spacial score (nSPS) is 45.0. The smallest absolute Gasteiger partial charge is 0.0748 e. The van der Waals surface area contributed by atoms with E-state index in [-0.39, 0.29) is 5.41 Å². The molecule has 0 bridgehead atoms. The number of nitrogens with two attached hydrogens (primary N) is 1. The zero-order valence-corrected chi connectivity index (χ0v) is 14.7. The summed E-state index contributed by atoms with van der Waals surface area (Å²) in [7, 11) is 0. The molecule has 124 valence electrons. The molecule has 0 aromatic rings. The van der Waals surface area contributed by atoms with Crippen molar-refractivity contribution in [3.63, 3.8) is 0 Å². The van der Waals surface area contributed by atoms with Crippen LogP contribution in [0.4, 0.5) is 0 Å². The summed E-state index contributed by atoms with van der Waals surface area (Å²) in [5, 5.41) is 11.8. The highest BCUT2D eigenvalue weighted by Gasteiger charge is 2.56. The minimum atomic E-state index is -0.535. The lowest BCUT2D eigenvalue weighted by Gasteiger charge is -2.58. The Bertz CT molecular complexity index is 332. The van der Waals surface area contributed by atoms with Gasteiger partial charge in [-0.2, -0.15) is 0 Å². The molecule has 2 nitrogen and oxygen atoms in total. The van der Waals surface area contributed by atoms with E-state index >= 15 is 0 Å². The molecule has 2 saturated carbocycles. The predicted octanol–water partition coefficient (Wildman–Crippen LogP) is 4.36. The number of rotatable bonds is 4. The van der Waals surface area contributed by atoms with E-state index < -0.39 is 5.60 Å². The summed E-state index contributed by atoms with van der Waals surface area (Å²) < 4.78 is 0. The van der Waals surface area contributed by atoms with E-state index in [4.69, 9.17) is 5.73 Å². The Morgan fingerprint density at radius 2 is 1.76 bits per heavy atom. The summed E-state index contributed by atoms with van der Waals surface area (Å²) >= 11 is 0. The Labute approximate surface area is 131 Å². The van der Waals surface area contributed by atoms with Crippen LogP contribution in [-0.2, 0) is 0 Å². The van der Waals surface area contributed by atoms with E-state index in [1.807, 2.05) is 0 Å². The Balaban J connectivity index is 2.28. The van der Waals surface area contributed by atoms with Crippen LogP contribution in [0.1, 0.15) is 79.1 Å². The average molecular weight is 296 g/mol. The first-order valence-corrected chi connectivity index (χ1v) is 9.31. The highest BCUT2D eigenvalue weighted by Crippen LogP contribution is 2.56. The van der Waals surface area contributed by atoms with E-state index in [2.05, 4.69) is 27.7 Å². The quantitative estimate of drug-likeness (QED) is 0.809. The van der Waals surface area contributed by atoms with Gasteiger partial charge in [-0.15, -0.1) is 0 Å². The van der Waals surface area contributed by atoms with Crippen LogP contribution in [0, 0.1) is 29.1 Å². The second-order valence-corrected chi connectivity index (χ2v) is 8.50. The number of aliphatic hydroxyl groups is 1. The van der Waals surface area contributed by atoms with Crippen molar-refractivity contribution in [2.45, 2.75) is 84.7 Å². The van der Waals surface area contributed by atoms with Crippen molar-refractivity contribution in [1.29, 1.82) is 0 Å². The second kappa shape index (κ2) is 6.58. The molecule has 0 heterocycles. The Morgan fingerprint density at radius 3 is 2.24 bits per heavy atom. The van der Waals surface area contributed by atoms with E-state index in [0.29, 0.717) is 24.3 Å². The van der Waals surface area contributed by atoms with Gasteiger partial charge in [0, 0.05) is 12.0 Å². The summed E-state index contributed by atoms with van der Waals surface area (Å²) in [6.07, 6.45) is 9.47. The molecule has 21 heavy (non-hydrogen) atoms. The van der Waals surface area contributed by atoms with Gasteiger partial charge in [-0.05, 0) is 62.2 Å². The fourth-order valence-electron chi connectivity index (χ4n) is 5.43. The van der Waals surface area contributed by atoms with Crippen molar-refractivity contribution in [1.82, 2.24) is 0 Å². The molecule has 0 saturated heterocycles. The summed E-state index contributed by atoms with van der Waals surface area (Å²) in [5.41, 5.74) is 5.73. The lowest BCUT2D eigenvalue weighted by molar-refractivity contribution is -0.180. The predicted molar refractivity (Wildman–Crippen MR) is 90.0 cm³/mol. The molecule has 2 aliphatic carbocycles. The Kier molecular flexibility index (Phi) is 5.41. The summed E-state index contributed by atoms with van der Waals surface area (Å²) in [6.45, 7) is 9.84. The van der Waals surface area contributed by atoms with Crippen LogP contribution in [0.2, 0.25) is 0 Å². The first kappa shape index (κ1) is 17.3. The van der Waals surface area contributed by atoms with E-state index in [1.165, 1.54) is 32.1 Å². The zero-order chi connectivity index (χ0) is 15.7. The van der Waals surface area contributed by atoms with Gasteiger partial charge < -0.3 is 10.8 Å². The van der Waals surface area contributed by atoms with Gasteiger partial charge in [0.05, 0.1) is 5.60 Å². The molecule has 0 spiro atoms. The third-order valence-electron chi connectivity index (χ3n) is 7.00. The van der Waals surface area contributed by atoms with Gasteiger partial charge in [-0.1, -0.05) is 40.5 Å². The number of hydrogen-bond donors (Lipinski definition) is 2. The van der Waals surface area contributed by atoms with E-state index in [1.54, 1.807) is 0 Å². The van der Waals surface area contributed by atoms with Crippen LogP contribution in [0.3, 0.4) is 0 Å².